The van der Waals surface area contributed by atoms with Crippen LogP contribution in [0.5, 0.6) is 5.75 Å². The van der Waals surface area contributed by atoms with E-state index in [4.69, 9.17) is 16.3 Å². The number of thioether (sulfide) groups is 1. The van der Waals surface area contributed by atoms with Crippen molar-refractivity contribution in [3.8, 4) is 5.75 Å². The van der Waals surface area contributed by atoms with Crippen LogP contribution in [0.1, 0.15) is 24.5 Å². The van der Waals surface area contributed by atoms with Crippen molar-refractivity contribution in [3.05, 3.63) is 69.6 Å². The molecule has 0 bridgehead atoms. The van der Waals surface area contributed by atoms with Gasteiger partial charge in [0.25, 0.3) is 11.1 Å². The first-order valence-corrected chi connectivity index (χ1v) is 10.7. The summed E-state index contributed by atoms with van der Waals surface area (Å²) in [4.78, 5) is 37.7. The molecule has 3 amide bonds. The number of carbonyl (C=O) groups is 3. The predicted octanol–water partition coefficient (Wildman–Crippen LogP) is 4.48. The summed E-state index contributed by atoms with van der Waals surface area (Å²) in [5, 5.41) is 2.86. The fourth-order valence-corrected chi connectivity index (χ4v) is 3.72. The lowest BCUT2D eigenvalue weighted by Gasteiger charge is -2.11. The molecule has 0 unspecified atom stereocenters. The first-order chi connectivity index (χ1) is 14.5. The van der Waals surface area contributed by atoms with Crippen molar-refractivity contribution in [2.45, 2.75) is 20.0 Å². The zero-order chi connectivity index (χ0) is 21.5. The van der Waals surface area contributed by atoms with Crippen LogP contribution in [0.15, 0.2) is 53.4 Å². The van der Waals surface area contributed by atoms with Gasteiger partial charge in [-0.1, -0.05) is 48.9 Å². The zero-order valence-corrected chi connectivity index (χ0v) is 18.0. The molecular weight excluding hydrogens is 424 g/mol. The minimum atomic E-state index is -0.462. The van der Waals surface area contributed by atoms with Gasteiger partial charge < -0.3 is 10.1 Å². The first kappa shape index (κ1) is 21.9. The van der Waals surface area contributed by atoms with Gasteiger partial charge in [0.2, 0.25) is 5.91 Å². The molecule has 0 aromatic heterocycles. The Kier molecular flexibility index (Phi) is 7.54. The van der Waals surface area contributed by atoms with E-state index in [0.29, 0.717) is 23.9 Å². The Morgan fingerprint density at radius 1 is 1.17 bits per heavy atom. The summed E-state index contributed by atoms with van der Waals surface area (Å²) in [7, 11) is 0. The number of hydrogen-bond acceptors (Lipinski definition) is 5. The molecule has 156 valence electrons. The maximum atomic E-state index is 12.5. The van der Waals surface area contributed by atoms with Crippen LogP contribution in [0.3, 0.4) is 0 Å². The van der Waals surface area contributed by atoms with Gasteiger partial charge in [-0.2, -0.15) is 0 Å². The van der Waals surface area contributed by atoms with Gasteiger partial charge in [0.05, 0.1) is 4.91 Å². The number of amides is 3. The molecule has 0 atom stereocenters. The number of carbonyl (C=O) groups excluding carboxylic acids is 3. The molecule has 0 saturated carbocycles. The highest BCUT2D eigenvalue weighted by Crippen LogP contribution is 2.32. The van der Waals surface area contributed by atoms with Crippen LogP contribution in [-0.4, -0.2) is 35.0 Å². The Labute approximate surface area is 184 Å². The second-order valence-electron chi connectivity index (χ2n) is 6.57. The molecule has 1 saturated heterocycles. The molecule has 0 aliphatic carbocycles. The predicted molar refractivity (Wildman–Crippen MR) is 118 cm³/mol. The van der Waals surface area contributed by atoms with Gasteiger partial charge in [-0.05, 0) is 48.0 Å². The zero-order valence-electron chi connectivity index (χ0n) is 16.4. The average molecular weight is 445 g/mol. The number of nitrogens with zero attached hydrogens (tertiary/aromatic N) is 1. The monoisotopic (exact) mass is 444 g/mol. The van der Waals surface area contributed by atoms with Gasteiger partial charge in [-0.15, -0.1) is 0 Å². The van der Waals surface area contributed by atoms with Gasteiger partial charge in [0.15, 0.2) is 0 Å². The highest BCUT2D eigenvalue weighted by Gasteiger charge is 2.36. The van der Waals surface area contributed by atoms with E-state index >= 15 is 0 Å². The fraction of sp³-hybridized carbons (Fsp3) is 0.227. The Balaban J connectivity index is 1.61. The number of ether oxygens (including phenoxy) is 1. The largest absolute Gasteiger partial charge is 0.489 e. The Hall–Kier alpha value is -2.77. The topological polar surface area (TPSA) is 75.7 Å². The second kappa shape index (κ2) is 10.3. The van der Waals surface area contributed by atoms with Gasteiger partial charge in [0, 0.05) is 17.1 Å². The van der Waals surface area contributed by atoms with Crippen molar-refractivity contribution >= 4 is 46.5 Å². The number of imide groups is 1. The minimum Gasteiger partial charge on any atom is -0.489 e. The summed E-state index contributed by atoms with van der Waals surface area (Å²) in [6, 6.07) is 14.6. The summed E-state index contributed by atoms with van der Waals surface area (Å²) in [6.07, 6.45) is 2.42. The number of benzene rings is 2. The highest BCUT2D eigenvalue weighted by molar-refractivity contribution is 8.18. The quantitative estimate of drug-likeness (QED) is 0.607. The molecule has 6 nitrogen and oxygen atoms in total. The van der Waals surface area contributed by atoms with Crippen LogP contribution in [0, 0.1) is 0 Å². The number of rotatable bonds is 8. The van der Waals surface area contributed by atoms with E-state index in [2.05, 4.69) is 5.32 Å². The van der Waals surface area contributed by atoms with E-state index in [-0.39, 0.29) is 17.4 Å². The second-order valence-corrected chi connectivity index (χ2v) is 7.97. The lowest BCUT2D eigenvalue weighted by Crippen LogP contribution is -2.39. The van der Waals surface area contributed by atoms with Gasteiger partial charge in [0.1, 0.15) is 18.9 Å². The number of nitrogens with one attached hydrogen (secondary N) is 1. The van der Waals surface area contributed by atoms with Gasteiger partial charge in [-0.25, -0.2) is 0 Å². The molecule has 1 N–H and O–H groups in total. The normalized spacial score (nSPS) is 15.0. The van der Waals surface area contributed by atoms with Crippen LogP contribution in [-0.2, 0) is 16.2 Å². The summed E-state index contributed by atoms with van der Waals surface area (Å²) >= 11 is 6.95. The number of hydrogen-bond donors (Lipinski definition) is 1. The highest BCUT2D eigenvalue weighted by atomic mass is 35.5. The first-order valence-electron chi connectivity index (χ1n) is 9.46. The maximum absolute atomic E-state index is 12.5. The van der Waals surface area contributed by atoms with Crippen molar-refractivity contribution in [2.24, 2.45) is 0 Å². The van der Waals surface area contributed by atoms with Crippen LogP contribution < -0.4 is 10.1 Å². The van der Waals surface area contributed by atoms with Gasteiger partial charge >= 0.3 is 0 Å². The third-order valence-electron chi connectivity index (χ3n) is 4.28. The molecule has 0 radical (unpaired) electrons. The molecule has 3 rings (SSSR count). The maximum Gasteiger partial charge on any atom is 0.294 e. The van der Waals surface area contributed by atoms with Gasteiger partial charge in [-0.3, -0.25) is 19.3 Å². The molecule has 0 spiro atoms. The van der Waals surface area contributed by atoms with Crippen LogP contribution in [0.4, 0.5) is 4.79 Å². The molecule has 1 heterocycles. The van der Waals surface area contributed by atoms with Crippen molar-refractivity contribution in [1.82, 2.24) is 10.2 Å². The van der Waals surface area contributed by atoms with E-state index in [9.17, 15) is 14.4 Å². The van der Waals surface area contributed by atoms with E-state index in [1.807, 2.05) is 31.2 Å². The van der Waals surface area contributed by atoms with Crippen molar-refractivity contribution in [3.63, 3.8) is 0 Å². The summed E-state index contributed by atoms with van der Waals surface area (Å²) in [5.74, 6) is -0.149. The van der Waals surface area contributed by atoms with Crippen molar-refractivity contribution in [2.75, 3.05) is 13.1 Å². The van der Waals surface area contributed by atoms with Crippen LogP contribution >= 0.6 is 23.4 Å². The fourth-order valence-electron chi connectivity index (χ4n) is 2.69. The standard InChI is InChI=1S/C22H21ClN2O4S/c1-2-11-24-20(26)13-25-21(27)19(30-22(25)28)12-15-7-9-17(10-8-15)29-14-16-5-3-4-6-18(16)23/h3-10,12H,2,11,13-14H2,1H3,(H,24,26)/b19-12-. The number of halogens is 1. The Bertz CT molecular complexity index is 975. The average Bonchev–Trinajstić information content (AvgIpc) is 3.00. The Morgan fingerprint density at radius 3 is 2.60 bits per heavy atom. The van der Waals surface area contributed by atoms with Crippen LogP contribution in [0.2, 0.25) is 5.02 Å². The summed E-state index contributed by atoms with van der Waals surface area (Å²) in [6.45, 7) is 2.51. The lowest BCUT2D eigenvalue weighted by molar-refractivity contribution is -0.129. The van der Waals surface area contributed by atoms with Crippen molar-refractivity contribution in [1.29, 1.82) is 0 Å². The van der Waals surface area contributed by atoms with Crippen LogP contribution in [0.25, 0.3) is 6.08 Å². The molecular formula is C22H21ClN2O4S. The minimum absolute atomic E-state index is 0.267. The third kappa shape index (κ3) is 5.64. The molecule has 1 fully saturated rings. The molecule has 2 aromatic carbocycles. The summed E-state index contributed by atoms with van der Waals surface area (Å²) < 4.78 is 5.74. The molecule has 30 heavy (non-hydrogen) atoms. The smallest absolute Gasteiger partial charge is 0.294 e. The summed E-state index contributed by atoms with van der Waals surface area (Å²) in [5.41, 5.74) is 1.64. The molecule has 8 heteroatoms. The van der Waals surface area contributed by atoms with E-state index in [1.54, 1.807) is 30.3 Å². The van der Waals surface area contributed by atoms with E-state index < -0.39 is 11.1 Å². The lowest BCUT2D eigenvalue weighted by atomic mass is 10.2. The third-order valence-corrected chi connectivity index (χ3v) is 5.55. The molecule has 1 aliphatic heterocycles. The van der Waals surface area contributed by atoms with Crippen molar-refractivity contribution < 1.29 is 19.1 Å². The van der Waals surface area contributed by atoms with E-state index in [1.165, 1.54) is 0 Å². The SMILES string of the molecule is CCCNC(=O)CN1C(=O)S/C(=C\c2ccc(OCc3ccccc3Cl)cc2)C1=O. The van der Waals surface area contributed by atoms with E-state index in [0.717, 1.165) is 34.2 Å². The molecule has 1 aliphatic rings. The Morgan fingerprint density at radius 2 is 1.90 bits per heavy atom. The molecule has 2 aromatic rings.